The number of ether oxygens (including phenoxy) is 6. The van der Waals surface area contributed by atoms with Gasteiger partial charge in [-0.05, 0) is 5.56 Å². The average molecular weight is 431 g/mol. The maximum atomic E-state index is 11.6. The molecule has 1 aromatic rings. The van der Waals surface area contributed by atoms with Gasteiger partial charge in [0.1, 0.15) is 6.61 Å². The molecule has 0 aliphatic carbocycles. The SMILES string of the molecule is O=C(NC(O)COCCOCCOCCOCCOCCO)OCc1ccccc1. The summed E-state index contributed by atoms with van der Waals surface area (Å²) < 4.78 is 31.2. The molecule has 30 heavy (non-hydrogen) atoms. The van der Waals surface area contributed by atoms with Gasteiger partial charge in [0, 0.05) is 0 Å². The molecule has 0 saturated heterocycles. The molecule has 0 heterocycles. The Morgan fingerprint density at radius 3 is 1.83 bits per heavy atom. The van der Waals surface area contributed by atoms with Crippen LogP contribution in [0.1, 0.15) is 5.56 Å². The zero-order valence-electron chi connectivity index (χ0n) is 17.2. The smallest absolute Gasteiger partial charge is 0.409 e. The van der Waals surface area contributed by atoms with Crippen LogP contribution in [0.15, 0.2) is 30.3 Å². The van der Waals surface area contributed by atoms with Crippen molar-refractivity contribution in [3.05, 3.63) is 35.9 Å². The molecule has 0 bridgehead atoms. The van der Waals surface area contributed by atoms with Crippen LogP contribution in [0.4, 0.5) is 4.79 Å². The van der Waals surface area contributed by atoms with E-state index in [0.717, 1.165) is 5.56 Å². The molecule has 10 heteroatoms. The van der Waals surface area contributed by atoms with Gasteiger partial charge in [-0.15, -0.1) is 0 Å². The van der Waals surface area contributed by atoms with Crippen molar-refractivity contribution in [3.63, 3.8) is 0 Å². The van der Waals surface area contributed by atoms with Crippen LogP contribution < -0.4 is 5.32 Å². The highest BCUT2D eigenvalue weighted by Gasteiger charge is 2.10. The highest BCUT2D eigenvalue weighted by molar-refractivity contribution is 5.67. The van der Waals surface area contributed by atoms with E-state index in [2.05, 4.69) is 5.32 Å². The van der Waals surface area contributed by atoms with Crippen LogP contribution in [0.2, 0.25) is 0 Å². The molecule has 1 amide bonds. The standard InChI is InChI=1S/C20H33NO9/c22-6-7-25-8-9-26-10-11-27-12-13-28-14-15-29-17-19(23)21-20(24)30-16-18-4-2-1-3-5-18/h1-5,19,22-23H,6-17H2,(H,21,24). The molecule has 0 aliphatic rings. The van der Waals surface area contributed by atoms with Crippen molar-refractivity contribution in [1.82, 2.24) is 5.32 Å². The van der Waals surface area contributed by atoms with Crippen LogP contribution in [0.3, 0.4) is 0 Å². The maximum absolute atomic E-state index is 11.6. The van der Waals surface area contributed by atoms with E-state index >= 15 is 0 Å². The van der Waals surface area contributed by atoms with Crippen molar-refractivity contribution in [2.45, 2.75) is 12.8 Å². The minimum absolute atomic E-state index is 0.00937. The minimum Gasteiger partial charge on any atom is -0.445 e. The van der Waals surface area contributed by atoms with E-state index in [-0.39, 0.29) is 26.4 Å². The van der Waals surface area contributed by atoms with Gasteiger partial charge in [-0.25, -0.2) is 4.79 Å². The van der Waals surface area contributed by atoms with Crippen molar-refractivity contribution in [2.75, 3.05) is 72.7 Å². The lowest BCUT2D eigenvalue weighted by Crippen LogP contribution is -2.38. The maximum Gasteiger partial charge on any atom is 0.409 e. The summed E-state index contributed by atoms with van der Waals surface area (Å²) in [6.45, 7) is 3.67. The third-order valence-electron chi connectivity index (χ3n) is 3.50. The van der Waals surface area contributed by atoms with Gasteiger partial charge in [-0.1, -0.05) is 30.3 Å². The molecule has 0 aromatic heterocycles. The first-order valence-electron chi connectivity index (χ1n) is 9.87. The molecule has 1 aromatic carbocycles. The second-order valence-corrected chi connectivity index (χ2v) is 5.97. The largest absolute Gasteiger partial charge is 0.445 e. The summed E-state index contributed by atoms with van der Waals surface area (Å²) in [6.07, 6.45) is -1.88. The van der Waals surface area contributed by atoms with Gasteiger partial charge in [-0.3, -0.25) is 5.32 Å². The Morgan fingerprint density at radius 2 is 1.30 bits per heavy atom. The van der Waals surface area contributed by atoms with Crippen LogP contribution in [0.5, 0.6) is 0 Å². The predicted octanol–water partition coefficient (Wildman–Crippen LogP) is 0.307. The molecule has 1 atom stereocenters. The molecule has 0 spiro atoms. The van der Waals surface area contributed by atoms with Crippen LogP contribution in [-0.2, 0) is 35.0 Å². The number of aliphatic hydroxyl groups is 2. The van der Waals surface area contributed by atoms with Gasteiger partial charge < -0.3 is 38.6 Å². The number of hydrogen-bond acceptors (Lipinski definition) is 9. The number of rotatable bonds is 19. The van der Waals surface area contributed by atoms with E-state index in [4.69, 9.17) is 33.5 Å². The Balaban J connectivity index is 1.82. The molecule has 0 fully saturated rings. The van der Waals surface area contributed by atoms with Crippen molar-refractivity contribution in [2.24, 2.45) is 0 Å². The van der Waals surface area contributed by atoms with E-state index in [0.29, 0.717) is 52.9 Å². The Kier molecular flexibility index (Phi) is 16.8. The van der Waals surface area contributed by atoms with E-state index in [9.17, 15) is 9.90 Å². The second kappa shape index (κ2) is 19.2. The van der Waals surface area contributed by atoms with Crippen molar-refractivity contribution in [3.8, 4) is 0 Å². The summed E-state index contributed by atoms with van der Waals surface area (Å²) in [5.74, 6) is 0. The number of benzene rings is 1. The first-order chi connectivity index (χ1) is 14.7. The van der Waals surface area contributed by atoms with Gasteiger partial charge in [0.05, 0.1) is 72.7 Å². The molecule has 1 unspecified atom stereocenters. The minimum atomic E-state index is -1.16. The number of carbonyl (C=O) groups is 1. The number of carbonyl (C=O) groups excluding carboxylic acids is 1. The molecule has 1 rings (SSSR count). The number of aliphatic hydroxyl groups excluding tert-OH is 2. The molecule has 0 radical (unpaired) electrons. The summed E-state index contributed by atoms with van der Waals surface area (Å²) in [5, 5.41) is 20.5. The highest BCUT2D eigenvalue weighted by atomic mass is 16.6. The molecular formula is C20H33NO9. The van der Waals surface area contributed by atoms with Crippen LogP contribution in [0.25, 0.3) is 0 Å². The van der Waals surface area contributed by atoms with Gasteiger partial charge in [0.15, 0.2) is 6.23 Å². The highest BCUT2D eigenvalue weighted by Crippen LogP contribution is 2.00. The number of amides is 1. The summed E-state index contributed by atoms with van der Waals surface area (Å²) in [6, 6.07) is 9.24. The first kappa shape index (κ1) is 26.2. The average Bonchev–Trinajstić information content (AvgIpc) is 2.75. The van der Waals surface area contributed by atoms with E-state index in [1.165, 1.54) is 0 Å². The van der Waals surface area contributed by atoms with Gasteiger partial charge in [0.2, 0.25) is 0 Å². The molecular weight excluding hydrogens is 398 g/mol. The molecule has 3 N–H and O–H groups in total. The Bertz CT molecular complexity index is 518. The Morgan fingerprint density at radius 1 is 0.800 bits per heavy atom. The lowest BCUT2D eigenvalue weighted by atomic mass is 10.2. The lowest BCUT2D eigenvalue weighted by Gasteiger charge is -2.13. The molecule has 0 saturated carbocycles. The summed E-state index contributed by atoms with van der Waals surface area (Å²) in [4.78, 5) is 11.6. The van der Waals surface area contributed by atoms with Crippen LogP contribution >= 0.6 is 0 Å². The topological polar surface area (TPSA) is 125 Å². The monoisotopic (exact) mass is 431 g/mol. The fraction of sp³-hybridized carbons (Fsp3) is 0.650. The predicted molar refractivity (Wildman–Crippen MR) is 107 cm³/mol. The number of nitrogens with one attached hydrogen (secondary N) is 1. The molecule has 172 valence electrons. The van der Waals surface area contributed by atoms with E-state index in [1.54, 1.807) is 0 Å². The number of hydrogen-bond donors (Lipinski definition) is 3. The second-order valence-electron chi connectivity index (χ2n) is 5.97. The first-order valence-corrected chi connectivity index (χ1v) is 9.87. The van der Waals surface area contributed by atoms with Crippen LogP contribution in [0, 0.1) is 0 Å². The van der Waals surface area contributed by atoms with Crippen molar-refractivity contribution in [1.29, 1.82) is 0 Å². The van der Waals surface area contributed by atoms with Gasteiger partial charge in [-0.2, -0.15) is 0 Å². The fourth-order valence-corrected chi connectivity index (χ4v) is 2.08. The zero-order chi connectivity index (χ0) is 21.7. The Labute approximate surface area is 177 Å². The summed E-state index contributed by atoms with van der Waals surface area (Å²) in [5.41, 5.74) is 0.857. The van der Waals surface area contributed by atoms with E-state index < -0.39 is 12.3 Å². The van der Waals surface area contributed by atoms with Crippen LogP contribution in [-0.4, -0.2) is 95.2 Å². The fourth-order valence-electron chi connectivity index (χ4n) is 2.08. The number of alkyl carbamates (subject to hydrolysis) is 1. The van der Waals surface area contributed by atoms with Crippen molar-refractivity contribution < 1.29 is 43.4 Å². The third kappa shape index (κ3) is 16.1. The Hall–Kier alpha value is -1.79. The normalized spacial score (nSPS) is 11.9. The van der Waals surface area contributed by atoms with Gasteiger partial charge in [0.25, 0.3) is 0 Å². The zero-order valence-corrected chi connectivity index (χ0v) is 17.2. The third-order valence-corrected chi connectivity index (χ3v) is 3.50. The van der Waals surface area contributed by atoms with E-state index in [1.807, 2.05) is 30.3 Å². The summed E-state index contributed by atoms with van der Waals surface area (Å²) in [7, 11) is 0. The van der Waals surface area contributed by atoms with Crippen molar-refractivity contribution >= 4 is 6.09 Å². The molecule has 0 aliphatic heterocycles. The van der Waals surface area contributed by atoms with Gasteiger partial charge >= 0.3 is 6.09 Å². The lowest BCUT2D eigenvalue weighted by molar-refractivity contribution is -0.0261. The quantitative estimate of drug-likeness (QED) is 0.210. The summed E-state index contributed by atoms with van der Waals surface area (Å²) >= 11 is 0. The molecule has 10 nitrogen and oxygen atoms in total.